The fourth-order valence-electron chi connectivity index (χ4n) is 3.80. The fourth-order valence-corrected chi connectivity index (χ4v) is 4.47. The number of hydrogen-bond acceptors (Lipinski definition) is 15. The molecule has 3 rings (SSSR count). The smallest absolute Gasteiger partial charge is 0.303 e. The van der Waals surface area contributed by atoms with E-state index in [4.69, 9.17) is 23.7 Å². The van der Waals surface area contributed by atoms with Crippen LogP contribution in [-0.4, -0.2) is 85.4 Å². The molecule has 0 saturated carbocycles. The lowest BCUT2D eigenvalue weighted by molar-refractivity contribution is -0.270. The Balaban J connectivity index is 1.89. The van der Waals surface area contributed by atoms with E-state index in [-0.39, 0.29) is 19.1 Å². The molecule has 0 unspecified atom stereocenters. The molecule has 2 aromatic heterocycles. The van der Waals surface area contributed by atoms with E-state index in [2.05, 4.69) is 25.2 Å². The van der Waals surface area contributed by atoms with E-state index in [9.17, 15) is 24.0 Å². The number of nitrogens with zero attached hydrogens (tertiary/aromatic N) is 5. The van der Waals surface area contributed by atoms with Crippen molar-refractivity contribution in [3.05, 3.63) is 22.5 Å². The fraction of sp³-hybridized carbons (Fsp3) is 0.591. The van der Waals surface area contributed by atoms with Gasteiger partial charge in [-0.15, -0.1) is 10.2 Å². The van der Waals surface area contributed by atoms with Gasteiger partial charge >= 0.3 is 23.9 Å². The summed E-state index contributed by atoms with van der Waals surface area (Å²) >= 11 is 0.971. The second kappa shape index (κ2) is 13.2. The molecule has 1 amide bonds. The maximum atomic E-state index is 12.5. The summed E-state index contributed by atoms with van der Waals surface area (Å²) in [5.74, 6) is -3.27. The second-order valence-electron chi connectivity index (χ2n) is 8.36. The predicted octanol–water partition coefficient (Wildman–Crippen LogP) is -0.122. The van der Waals surface area contributed by atoms with Gasteiger partial charge in [0.05, 0.1) is 18.4 Å². The number of esters is 4. The van der Waals surface area contributed by atoms with E-state index >= 15 is 0 Å². The summed E-state index contributed by atoms with van der Waals surface area (Å²) in [6.07, 6.45) is -4.42. The van der Waals surface area contributed by atoms with Crippen LogP contribution in [-0.2, 0) is 55.8 Å². The first-order valence-electron chi connectivity index (χ1n) is 11.8. The number of aryl methyl sites for hydroxylation is 1. The molecule has 1 N–H and O–H groups in total. The third-order valence-corrected chi connectivity index (χ3v) is 6.08. The van der Waals surface area contributed by atoms with E-state index in [0.29, 0.717) is 22.7 Å². The van der Waals surface area contributed by atoms with Crippen LogP contribution in [0, 0.1) is 0 Å². The highest BCUT2D eigenvalue weighted by Gasteiger charge is 2.53. The number of carbonyl (C=O) groups excluding carboxylic acids is 5. The Bertz CT molecular complexity index is 1220. The van der Waals surface area contributed by atoms with Crippen molar-refractivity contribution >= 4 is 41.3 Å². The number of amides is 1. The average Bonchev–Trinajstić information content (AvgIpc) is 3.52. The minimum Gasteiger partial charge on any atom is -0.463 e. The van der Waals surface area contributed by atoms with Crippen LogP contribution in [0.25, 0.3) is 0 Å². The molecule has 5 atom stereocenters. The van der Waals surface area contributed by atoms with Crippen molar-refractivity contribution < 1.29 is 47.7 Å². The van der Waals surface area contributed by atoms with Crippen LogP contribution in [0.4, 0.5) is 0 Å². The molecule has 16 nitrogen and oxygen atoms in total. The Labute approximate surface area is 226 Å². The summed E-state index contributed by atoms with van der Waals surface area (Å²) in [7, 11) is 0. The summed E-state index contributed by atoms with van der Waals surface area (Å²) in [4.78, 5) is 60.2. The van der Waals surface area contributed by atoms with Gasteiger partial charge in [0.25, 0.3) is 5.91 Å². The van der Waals surface area contributed by atoms with Crippen LogP contribution in [0.2, 0.25) is 0 Å². The van der Waals surface area contributed by atoms with Crippen molar-refractivity contribution in [1.29, 1.82) is 0 Å². The monoisotopic (exact) mass is 568 g/mol. The quantitative estimate of drug-likeness (QED) is 0.293. The zero-order valence-corrected chi connectivity index (χ0v) is 22.6. The van der Waals surface area contributed by atoms with E-state index in [0.717, 1.165) is 32.3 Å². The number of hydrogen-bond donors (Lipinski definition) is 1. The molecule has 1 fully saturated rings. The Morgan fingerprint density at radius 1 is 0.949 bits per heavy atom. The number of nitrogens with one attached hydrogen (secondary N) is 1. The van der Waals surface area contributed by atoms with Crippen LogP contribution in [0.15, 0.2) is 6.20 Å². The van der Waals surface area contributed by atoms with Crippen molar-refractivity contribution in [2.75, 3.05) is 6.61 Å². The molecule has 0 aromatic carbocycles. The second-order valence-corrected chi connectivity index (χ2v) is 9.12. The van der Waals surface area contributed by atoms with Crippen LogP contribution in [0.3, 0.4) is 0 Å². The zero-order valence-electron chi connectivity index (χ0n) is 21.8. The largest absolute Gasteiger partial charge is 0.463 e. The van der Waals surface area contributed by atoms with Gasteiger partial charge in [-0.3, -0.25) is 24.0 Å². The minimum atomic E-state index is -1.35. The Morgan fingerprint density at radius 2 is 1.59 bits per heavy atom. The molecule has 0 spiro atoms. The highest BCUT2D eigenvalue weighted by Crippen LogP contribution is 2.34. The summed E-state index contributed by atoms with van der Waals surface area (Å²) in [5, 5.41) is 14.7. The SMILES string of the molecule is CCc1nnsc1C(=O)NCc1cn([C@@H]2O[C@H](COC(C)=O)[C@@H](OC(C)=O)[C@H](OC(C)=O)[C@H]2OC(C)=O)nn1. The van der Waals surface area contributed by atoms with Gasteiger partial charge in [-0.05, 0) is 18.0 Å². The normalized spacial score (nSPS) is 22.4. The molecule has 212 valence electrons. The molecule has 17 heteroatoms. The minimum absolute atomic E-state index is 0.0227. The first-order valence-corrected chi connectivity index (χ1v) is 12.6. The molecule has 39 heavy (non-hydrogen) atoms. The Morgan fingerprint density at radius 3 is 2.21 bits per heavy atom. The van der Waals surface area contributed by atoms with E-state index in [1.807, 2.05) is 6.92 Å². The van der Waals surface area contributed by atoms with Crippen LogP contribution < -0.4 is 5.32 Å². The summed E-state index contributed by atoms with van der Waals surface area (Å²) in [5.41, 5.74) is 0.880. The van der Waals surface area contributed by atoms with Gasteiger partial charge in [0.15, 0.2) is 24.5 Å². The maximum absolute atomic E-state index is 12.5. The molecule has 3 heterocycles. The number of rotatable bonds is 10. The lowest BCUT2D eigenvalue weighted by Gasteiger charge is -2.44. The zero-order chi connectivity index (χ0) is 28.7. The molecule has 1 aliphatic heterocycles. The van der Waals surface area contributed by atoms with Gasteiger partial charge in [0, 0.05) is 27.7 Å². The molecule has 2 aromatic rings. The van der Waals surface area contributed by atoms with Crippen LogP contribution in [0.1, 0.15) is 61.9 Å². The van der Waals surface area contributed by atoms with Crippen LogP contribution >= 0.6 is 11.5 Å². The summed E-state index contributed by atoms with van der Waals surface area (Å²) in [6.45, 7) is 6.02. The summed E-state index contributed by atoms with van der Waals surface area (Å²) in [6, 6.07) is 0. The molecular weight excluding hydrogens is 540 g/mol. The van der Waals surface area contributed by atoms with E-state index in [1.165, 1.54) is 17.8 Å². The van der Waals surface area contributed by atoms with E-state index < -0.39 is 54.5 Å². The first kappa shape index (κ1) is 29.6. The Hall–Kier alpha value is -3.99. The molecule has 0 radical (unpaired) electrons. The molecule has 0 bridgehead atoms. The highest BCUT2D eigenvalue weighted by atomic mass is 32.1. The van der Waals surface area contributed by atoms with Crippen molar-refractivity contribution in [2.24, 2.45) is 0 Å². The number of carbonyl (C=O) groups is 5. The van der Waals surface area contributed by atoms with E-state index in [1.54, 1.807) is 0 Å². The molecule has 1 saturated heterocycles. The third kappa shape index (κ3) is 7.76. The number of ether oxygens (including phenoxy) is 5. The van der Waals surface area contributed by atoms with Gasteiger partial charge in [-0.2, -0.15) is 0 Å². The van der Waals surface area contributed by atoms with Crippen molar-refractivity contribution in [1.82, 2.24) is 29.9 Å². The van der Waals surface area contributed by atoms with Gasteiger partial charge in [0.2, 0.25) is 0 Å². The van der Waals surface area contributed by atoms with Gasteiger partial charge in [-0.1, -0.05) is 16.6 Å². The Kier molecular flexibility index (Phi) is 10.00. The molecular formula is C22H28N6O10S. The summed E-state index contributed by atoms with van der Waals surface area (Å²) < 4.78 is 32.3. The standard InChI is InChI=1S/C22H28N6O10S/c1-6-15-20(39-27-25-15)21(33)23-7-14-8-28(26-24-14)22-19(37-13(5)32)18(36-12(4)31)17(35-11(3)30)16(38-22)9-34-10(2)29/h8,16-19,22H,6-7,9H2,1-5H3,(H,23,33)/t16-,17-,18+,19-,22-/m1/s1. The van der Waals surface area contributed by atoms with Crippen molar-refractivity contribution in [3.63, 3.8) is 0 Å². The van der Waals surface area contributed by atoms with Gasteiger partial charge in [-0.25, -0.2) is 4.68 Å². The lowest BCUT2D eigenvalue weighted by Crippen LogP contribution is -2.60. The number of aromatic nitrogens is 5. The average molecular weight is 569 g/mol. The van der Waals surface area contributed by atoms with Crippen LogP contribution in [0.5, 0.6) is 0 Å². The topological polar surface area (TPSA) is 200 Å². The lowest BCUT2D eigenvalue weighted by atomic mass is 9.97. The highest BCUT2D eigenvalue weighted by molar-refractivity contribution is 7.08. The van der Waals surface area contributed by atoms with Gasteiger partial charge in [0.1, 0.15) is 23.3 Å². The first-order chi connectivity index (χ1) is 18.5. The molecule has 1 aliphatic rings. The third-order valence-electron chi connectivity index (χ3n) is 5.31. The molecule has 0 aliphatic carbocycles. The van der Waals surface area contributed by atoms with Gasteiger partial charge < -0.3 is 29.0 Å². The van der Waals surface area contributed by atoms with Crippen molar-refractivity contribution in [3.8, 4) is 0 Å². The maximum Gasteiger partial charge on any atom is 0.303 e. The predicted molar refractivity (Wildman–Crippen MR) is 128 cm³/mol. The van der Waals surface area contributed by atoms with Crippen molar-refractivity contribution in [2.45, 2.75) is 78.2 Å².